The van der Waals surface area contributed by atoms with Gasteiger partial charge >= 0.3 is 0 Å². The maximum atomic E-state index is 13.3. The van der Waals surface area contributed by atoms with Crippen molar-refractivity contribution < 1.29 is 23.1 Å². The number of rotatable bonds is 4. The molecule has 0 aliphatic carbocycles. The molecule has 0 fully saturated rings. The number of nitrogens with one attached hydrogen (secondary N) is 3. The second kappa shape index (κ2) is 7.10. The molecule has 0 bridgehead atoms. The van der Waals surface area contributed by atoms with Crippen molar-refractivity contribution in [1.29, 1.82) is 0 Å². The Hall–Kier alpha value is -3.76. The Morgan fingerprint density at radius 1 is 1.32 bits per heavy atom. The Bertz CT molecular complexity index is 1050. The first-order valence-corrected chi connectivity index (χ1v) is 8.25. The summed E-state index contributed by atoms with van der Waals surface area (Å²) in [7, 11) is 0. The van der Waals surface area contributed by atoms with E-state index in [-0.39, 0.29) is 18.8 Å². The van der Waals surface area contributed by atoms with Gasteiger partial charge in [-0.2, -0.15) is 10.2 Å². The van der Waals surface area contributed by atoms with Crippen molar-refractivity contribution in [2.24, 2.45) is 0 Å². The van der Waals surface area contributed by atoms with Crippen molar-refractivity contribution in [2.45, 2.75) is 12.6 Å². The summed E-state index contributed by atoms with van der Waals surface area (Å²) in [6, 6.07) is 4.04. The summed E-state index contributed by atoms with van der Waals surface area (Å²) in [5, 5.41) is 15.6. The summed E-state index contributed by atoms with van der Waals surface area (Å²) >= 11 is 0. The third-order valence-corrected chi connectivity index (χ3v) is 4.08. The van der Waals surface area contributed by atoms with Gasteiger partial charge in [-0.1, -0.05) is 6.07 Å². The van der Waals surface area contributed by atoms with E-state index in [0.29, 0.717) is 17.1 Å². The van der Waals surface area contributed by atoms with Crippen molar-refractivity contribution in [3.63, 3.8) is 0 Å². The van der Waals surface area contributed by atoms with Crippen LogP contribution in [0.5, 0.6) is 5.88 Å². The predicted molar refractivity (Wildman–Crippen MR) is 91.7 cm³/mol. The lowest BCUT2D eigenvalue weighted by atomic mass is 10.2. The van der Waals surface area contributed by atoms with Crippen LogP contribution in [0.25, 0.3) is 0 Å². The van der Waals surface area contributed by atoms with E-state index < -0.39 is 29.5 Å². The number of carbonyl (C=O) groups excluding carboxylic acids is 2. The first-order valence-electron chi connectivity index (χ1n) is 8.25. The van der Waals surface area contributed by atoms with E-state index in [1.165, 1.54) is 29.2 Å². The van der Waals surface area contributed by atoms with Crippen molar-refractivity contribution in [3.8, 4) is 5.88 Å². The highest BCUT2D eigenvalue weighted by Gasteiger charge is 2.28. The van der Waals surface area contributed by atoms with Crippen LogP contribution < -0.4 is 15.4 Å². The number of H-pyrrole nitrogens is 1. The molecule has 4 rings (SSSR count). The SMILES string of the molecule is O=C(NC1COc2[nH]ncc2NC1=O)c1ccn(Cc2ccc(F)c(F)c2)n1. The number of anilines is 1. The molecule has 144 valence electrons. The summed E-state index contributed by atoms with van der Waals surface area (Å²) in [6.07, 6.45) is 2.92. The van der Waals surface area contributed by atoms with Crippen LogP contribution in [0.4, 0.5) is 14.5 Å². The van der Waals surface area contributed by atoms with E-state index in [0.717, 1.165) is 12.1 Å². The molecule has 0 spiro atoms. The van der Waals surface area contributed by atoms with Gasteiger partial charge < -0.3 is 15.4 Å². The molecular weight excluding hydrogens is 374 g/mol. The van der Waals surface area contributed by atoms with Gasteiger partial charge in [0.25, 0.3) is 11.8 Å². The topological polar surface area (TPSA) is 114 Å². The van der Waals surface area contributed by atoms with Crippen LogP contribution in [0.3, 0.4) is 0 Å². The molecular formula is C17H14F2N6O3. The summed E-state index contributed by atoms with van der Waals surface area (Å²) in [4.78, 5) is 24.6. The molecule has 1 aliphatic heterocycles. The Kier molecular flexibility index (Phi) is 4.47. The van der Waals surface area contributed by atoms with Crippen molar-refractivity contribution in [1.82, 2.24) is 25.3 Å². The van der Waals surface area contributed by atoms with E-state index in [2.05, 4.69) is 25.9 Å². The Balaban J connectivity index is 1.41. The third kappa shape index (κ3) is 3.54. The molecule has 1 atom stereocenters. The Morgan fingerprint density at radius 3 is 3.00 bits per heavy atom. The van der Waals surface area contributed by atoms with Gasteiger partial charge in [-0.05, 0) is 23.8 Å². The van der Waals surface area contributed by atoms with Gasteiger partial charge in [0.05, 0.1) is 12.7 Å². The number of nitrogens with zero attached hydrogens (tertiary/aromatic N) is 3. The highest BCUT2D eigenvalue weighted by Crippen LogP contribution is 2.23. The van der Waals surface area contributed by atoms with Crippen LogP contribution >= 0.6 is 0 Å². The lowest BCUT2D eigenvalue weighted by Gasteiger charge is -2.13. The monoisotopic (exact) mass is 388 g/mol. The average Bonchev–Trinajstić information content (AvgIpc) is 3.28. The number of carbonyl (C=O) groups is 2. The lowest BCUT2D eigenvalue weighted by Crippen LogP contribution is -2.46. The number of benzene rings is 1. The lowest BCUT2D eigenvalue weighted by molar-refractivity contribution is -0.118. The smallest absolute Gasteiger partial charge is 0.272 e. The average molecular weight is 388 g/mol. The van der Waals surface area contributed by atoms with E-state index in [1.807, 2.05) is 0 Å². The van der Waals surface area contributed by atoms with Gasteiger partial charge in [0.15, 0.2) is 11.6 Å². The maximum Gasteiger partial charge on any atom is 0.272 e. The molecule has 11 heteroatoms. The summed E-state index contributed by atoms with van der Waals surface area (Å²) in [5.74, 6) is -2.61. The second-order valence-electron chi connectivity index (χ2n) is 6.09. The molecule has 0 radical (unpaired) electrons. The summed E-state index contributed by atoms with van der Waals surface area (Å²) < 4.78 is 33.1. The Morgan fingerprint density at radius 2 is 2.18 bits per heavy atom. The fourth-order valence-corrected chi connectivity index (χ4v) is 2.67. The largest absolute Gasteiger partial charge is 0.474 e. The van der Waals surface area contributed by atoms with Gasteiger partial charge in [-0.3, -0.25) is 14.3 Å². The van der Waals surface area contributed by atoms with Crippen molar-refractivity contribution in [3.05, 3.63) is 59.6 Å². The second-order valence-corrected chi connectivity index (χ2v) is 6.09. The van der Waals surface area contributed by atoms with Gasteiger partial charge in [0.1, 0.15) is 24.0 Å². The maximum absolute atomic E-state index is 13.3. The molecule has 3 N–H and O–H groups in total. The normalized spacial score (nSPS) is 15.9. The molecule has 1 aliphatic rings. The van der Waals surface area contributed by atoms with Gasteiger partial charge in [0, 0.05) is 6.20 Å². The van der Waals surface area contributed by atoms with Crippen LogP contribution in [0.15, 0.2) is 36.7 Å². The highest BCUT2D eigenvalue weighted by atomic mass is 19.2. The van der Waals surface area contributed by atoms with Gasteiger partial charge in [0.2, 0.25) is 5.88 Å². The minimum absolute atomic E-state index is 0.0693. The zero-order valence-corrected chi connectivity index (χ0v) is 14.3. The number of fused-ring (bicyclic) bond motifs is 1. The fourth-order valence-electron chi connectivity index (χ4n) is 2.67. The van der Waals surface area contributed by atoms with Crippen molar-refractivity contribution in [2.75, 3.05) is 11.9 Å². The number of ether oxygens (including phenoxy) is 1. The highest BCUT2D eigenvalue weighted by molar-refractivity contribution is 6.01. The number of aromatic amines is 1. The van der Waals surface area contributed by atoms with Crippen LogP contribution in [0.1, 0.15) is 16.1 Å². The fraction of sp³-hybridized carbons (Fsp3) is 0.176. The number of aromatic nitrogens is 4. The molecule has 9 nitrogen and oxygen atoms in total. The first-order chi connectivity index (χ1) is 13.5. The molecule has 2 amide bonds. The zero-order chi connectivity index (χ0) is 19.7. The van der Waals surface area contributed by atoms with E-state index in [9.17, 15) is 18.4 Å². The van der Waals surface area contributed by atoms with E-state index in [1.54, 1.807) is 0 Å². The molecule has 3 heterocycles. The number of halogens is 2. The number of hydrogen-bond acceptors (Lipinski definition) is 5. The molecule has 1 unspecified atom stereocenters. The third-order valence-electron chi connectivity index (χ3n) is 4.08. The quantitative estimate of drug-likeness (QED) is 0.619. The van der Waals surface area contributed by atoms with Crippen molar-refractivity contribution >= 4 is 17.5 Å². The molecule has 0 saturated heterocycles. The molecule has 28 heavy (non-hydrogen) atoms. The molecule has 3 aromatic rings. The van der Waals surface area contributed by atoms with Crippen LogP contribution in [-0.4, -0.2) is 44.4 Å². The molecule has 1 aromatic carbocycles. The standard InChI is InChI=1S/C17H14F2N6O3/c18-10-2-1-9(5-11(10)19)7-25-4-3-12(24-25)15(26)22-14-8-28-17-13(6-20-23-17)21-16(14)27/h1-6,14H,7-8H2,(H,20,23)(H,21,27)(H,22,26). The molecule has 0 saturated carbocycles. The molecule has 2 aromatic heterocycles. The predicted octanol–water partition coefficient (Wildman–Crippen LogP) is 1.06. The first kappa shape index (κ1) is 17.6. The number of amides is 2. The Labute approximate surface area is 156 Å². The van der Waals surface area contributed by atoms with Crippen LogP contribution in [0.2, 0.25) is 0 Å². The summed E-state index contributed by atoms with van der Waals surface area (Å²) in [6.45, 7) is 0.0709. The van der Waals surface area contributed by atoms with Crippen LogP contribution in [0, 0.1) is 11.6 Å². The van der Waals surface area contributed by atoms with Gasteiger partial charge in [-0.15, -0.1) is 0 Å². The van der Waals surface area contributed by atoms with E-state index >= 15 is 0 Å². The van der Waals surface area contributed by atoms with E-state index in [4.69, 9.17) is 4.74 Å². The zero-order valence-electron chi connectivity index (χ0n) is 14.3. The van der Waals surface area contributed by atoms with Gasteiger partial charge in [-0.25, -0.2) is 13.9 Å². The van der Waals surface area contributed by atoms with Crippen LogP contribution in [-0.2, 0) is 11.3 Å². The summed E-state index contributed by atoms with van der Waals surface area (Å²) in [5.41, 5.74) is 0.942. The number of hydrogen-bond donors (Lipinski definition) is 3. The minimum atomic E-state index is -0.956. The minimum Gasteiger partial charge on any atom is -0.474 e.